The van der Waals surface area contributed by atoms with E-state index < -0.39 is 15.7 Å². The molecule has 2 aromatic heterocycles. The Morgan fingerprint density at radius 1 is 1.22 bits per heavy atom. The second-order valence-electron chi connectivity index (χ2n) is 7.78. The average molecular weight is 532 g/mol. The Kier molecular flexibility index (Phi) is 8.70. The zero-order valence-corrected chi connectivity index (χ0v) is 21.1. The number of hydrogen-bond donors (Lipinski definition) is 1. The van der Waals surface area contributed by atoms with Crippen LogP contribution in [0, 0.1) is 0 Å². The van der Waals surface area contributed by atoms with Crippen molar-refractivity contribution in [3.05, 3.63) is 54.5 Å². The van der Waals surface area contributed by atoms with Gasteiger partial charge in [-0.1, -0.05) is 28.6 Å². The van der Waals surface area contributed by atoms with Crippen LogP contribution in [0.2, 0.25) is 0 Å². The summed E-state index contributed by atoms with van der Waals surface area (Å²) in [7, 11) is -1.96. The highest BCUT2D eigenvalue weighted by Gasteiger charge is 2.22. The summed E-state index contributed by atoms with van der Waals surface area (Å²) in [6.45, 7) is 1.29. The number of methoxy groups -OCH3 is 1. The van der Waals surface area contributed by atoms with Crippen LogP contribution >= 0.6 is 11.3 Å². The van der Waals surface area contributed by atoms with Crippen molar-refractivity contribution in [2.24, 2.45) is 5.16 Å². The number of carbonyl (C=O) groups excluding carboxylic acids is 1. The summed E-state index contributed by atoms with van der Waals surface area (Å²) in [5.41, 5.74) is 0.378. The molecule has 1 N–H and O–H groups in total. The van der Waals surface area contributed by atoms with E-state index in [4.69, 9.17) is 14.3 Å². The van der Waals surface area contributed by atoms with E-state index in [0.29, 0.717) is 54.1 Å². The highest BCUT2D eigenvalue weighted by molar-refractivity contribution is 7.91. The third kappa shape index (κ3) is 6.69. The summed E-state index contributed by atoms with van der Waals surface area (Å²) in [4.78, 5) is 32.2. The number of nitrogens with zero attached hydrogens (tertiary/aromatic N) is 4. The predicted octanol–water partition coefficient (Wildman–Crippen LogP) is 2.56. The van der Waals surface area contributed by atoms with Crippen LogP contribution in [0.3, 0.4) is 0 Å². The molecular weight excluding hydrogens is 506 g/mol. The third-order valence-electron chi connectivity index (χ3n) is 5.16. The van der Waals surface area contributed by atoms with Gasteiger partial charge in [0.1, 0.15) is 0 Å². The Morgan fingerprint density at radius 2 is 2.00 bits per heavy atom. The molecule has 1 saturated heterocycles. The van der Waals surface area contributed by atoms with Crippen LogP contribution < -0.4 is 5.32 Å². The number of benzene rings is 1. The summed E-state index contributed by atoms with van der Waals surface area (Å²) in [5, 5.41) is 7.15. The van der Waals surface area contributed by atoms with Crippen molar-refractivity contribution >= 4 is 37.9 Å². The number of carbonyl (C=O) groups is 1. The molecule has 4 rings (SSSR count). The van der Waals surface area contributed by atoms with Crippen LogP contribution in [0.5, 0.6) is 0 Å². The zero-order chi connectivity index (χ0) is 25.4. The Morgan fingerprint density at radius 3 is 2.69 bits per heavy atom. The number of hydrogen-bond acceptors (Lipinski definition) is 11. The van der Waals surface area contributed by atoms with Gasteiger partial charge in [-0.05, 0) is 24.6 Å². The molecular formula is C23H25N5O6S2. The summed E-state index contributed by atoms with van der Waals surface area (Å²) in [6, 6.07) is 7.67. The van der Waals surface area contributed by atoms with Gasteiger partial charge in [-0.3, -0.25) is 10.1 Å². The van der Waals surface area contributed by atoms with E-state index in [9.17, 15) is 13.2 Å². The van der Waals surface area contributed by atoms with Crippen molar-refractivity contribution < 1.29 is 27.5 Å². The van der Waals surface area contributed by atoms with E-state index in [2.05, 4.69) is 25.4 Å². The number of anilines is 1. The Balaban J connectivity index is 1.53. The number of thiazole rings is 1. The van der Waals surface area contributed by atoms with Crippen LogP contribution in [-0.2, 0) is 28.9 Å². The molecule has 1 aliphatic heterocycles. The minimum atomic E-state index is -3.48. The van der Waals surface area contributed by atoms with E-state index in [0.717, 1.165) is 0 Å². The topological polar surface area (TPSA) is 142 Å². The van der Waals surface area contributed by atoms with Crippen LogP contribution in [0.15, 0.2) is 59.0 Å². The van der Waals surface area contributed by atoms with Gasteiger partial charge in [0.15, 0.2) is 32.6 Å². The van der Waals surface area contributed by atoms with Crippen molar-refractivity contribution in [3.63, 3.8) is 0 Å². The lowest BCUT2D eigenvalue weighted by Gasteiger charge is -2.10. The fraction of sp³-hybridized carbons (Fsp3) is 0.348. The molecule has 1 aromatic carbocycles. The molecule has 0 radical (unpaired) electrons. The lowest BCUT2D eigenvalue weighted by atomic mass is 10.1. The van der Waals surface area contributed by atoms with E-state index in [-0.39, 0.29) is 22.5 Å². The van der Waals surface area contributed by atoms with Crippen molar-refractivity contribution in [2.75, 3.05) is 38.0 Å². The summed E-state index contributed by atoms with van der Waals surface area (Å²) in [5.74, 6) is -0.0973. The number of ether oxygens (including phenoxy) is 2. The second-order valence-corrected chi connectivity index (χ2v) is 10.9. The molecule has 0 unspecified atom stereocenters. The van der Waals surface area contributed by atoms with Crippen LogP contribution in [0.1, 0.15) is 18.4 Å². The first-order valence-corrected chi connectivity index (χ1v) is 13.6. The summed E-state index contributed by atoms with van der Waals surface area (Å²) in [6.07, 6.45) is 5.59. The van der Waals surface area contributed by atoms with Gasteiger partial charge in [-0.15, -0.1) is 0 Å². The normalized spacial score (nSPS) is 16.1. The number of nitrogens with one attached hydrogen (secondary N) is 1. The minimum Gasteiger partial charge on any atom is -0.389 e. The van der Waals surface area contributed by atoms with Crippen LogP contribution in [-0.4, -0.2) is 73.8 Å². The fourth-order valence-electron chi connectivity index (χ4n) is 3.30. The molecule has 1 fully saturated rings. The van der Waals surface area contributed by atoms with Gasteiger partial charge in [-0.2, -0.15) is 0 Å². The Bertz CT molecular complexity index is 1290. The lowest BCUT2D eigenvalue weighted by Crippen LogP contribution is -2.25. The summed E-state index contributed by atoms with van der Waals surface area (Å²) < 4.78 is 35.4. The maximum atomic E-state index is 13.2. The van der Waals surface area contributed by atoms with Crippen LogP contribution in [0.25, 0.3) is 10.7 Å². The van der Waals surface area contributed by atoms with Gasteiger partial charge in [0.05, 0.1) is 34.9 Å². The molecule has 0 bridgehead atoms. The highest BCUT2D eigenvalue weighted by atomic mass is 32.2. The van der Waals surface area contributed by atoms with E-state index >= 15 is 0 Å². The van der Waals surface area contributed by atoms with E-state index in [1.807, 2.05) is 0 Å². The molecule has 13 heteroatoms. The largest absolute Gasteiger partial charge is 0.389 e. The van der Waals surface area contributed by atoms with Gasteiger partial charge in [0.2, 0.25) is 0 Å². The molecule has 11 nitrogen and oxygen atoms in total. The molecule has 3 heterocycles. The van der Waals surface area contributed by atoms with Gasteiger partial charge in [0.25, 0.3) is 5.91 Å². The van der Waals surface area contributed by atoms with E-state index in [1.165, 1.54) is 42.7 Å². The monoisotopic (exact) mass is 531 g/mol. The number of oxime groups is 1. The number of sulfone groups is 1. The maximum Gasteiger partial charge on any atom is 0.280 e. The molecule has 1 atom stereocenters. The molecule has 1 aliphatic rings. The van der Waals surface area contributed by atoms with Gasteiger partial charge in [0, 0.05) is 38.1 Å². The zero-order valence-electron chi connectivity index (χ0n) is 19.5. The number of rotatable bonds is 11. The first kappa shape index (κ1) is 25.8. The smallest absolute Gasteiger partial charge is 0.280 e. The van der Waals surface area contributed by atoms with Gasteiger partial charge < -0.3 is 14.3 Å². The molecule has 1 amide bonds. The van der Waals surface area contributed by atoms with Crippen molar-refractivity contribution in [1.29, 1.82) is 0 Å². The first-order valence-electron chi connectivity index (χ1n) is 11.1. The SMILES string of the molecule is COCCCS(=O)(=O)c1ccc(/C(=N\O[C@@H]2CCOC2)C(=O)Nc2ncc(-c3ncccn3)s2)cc1. The Labute approximate surface area is 212 Å². The molecule has 3 aromatic rings. The number of amides is 1. The van der Waals surface area contributed by atoms with Crippen LogP contribution in [0.4, 0.5) is 5.13 Å². The quantitative estimate of drug-likeness (QED) is 0.224. The number of aromatic nitrogens is 3. The van der Waals surface area contributed by atoms with Crippen molar-refractivity contribution in [3.8, 4) is 10.7 Å². The average Bonchev–Trinajstić information content (AvgIpc) is 3.58. The van der Waals surface area contributed by atoms with Crippen molar-refractivity contribution in [1.82, 2.24) is 15.0 Å². The fourth-order valence-corrected chi connectivity index (χ4v) is 5.34. The molecule has 36 heavy (non-hydrogen) atoms. The molecule has 0 saturated carbocycles. The highest BCUT2D eigenvalue weighted by Crippen LogP contribution is 2.26. The molecule has 0 spiro atoms. The van der Waals surface area contributed by atoms with Crippen molar-refractivity contribution in [2.45, 2.75) is 23.8 Å². The first-order chi connectivity index (χ1) is 17.5. The lowest BCUT2D eigenvalue weighted by molar-refractivity contribution is -0.110. The molecule has 190 valence electrons. The van der Waals surface area contributed by atoms with Gasteiger partial charge >= 0.3 is 0 Å². The molecule has 0 aliphatic carbocycles. The minimum absolute atomic E-state index is 0.0158. The predicted molar refractivity (Wildman–Crippen MR) is 134 cm³/mol. The van der Waals surface area contributed by atoms with E-state index in [1.54, 1.807) is 24.7 Å². The standard InChI is InChI=1S/C23H25N5O6S2/c1-32-11-3-13-36(30,31)18-6-4-16(5-7-18)20(28-34-17-8-12-33-15-17)22(29)27-23-26-14-19(35-23)21-24-9-2-10-25-21/h2,4-7,9-10,14,17H,3,8,11-13,15H2,1H3,(H,26,27,29)/b28-20+/t17-/m1/s1. The summed E-state index contributed by atoms with van der Waals surface area (Å²) >= 11 is 1.21. The Hall–Kier alpha value is -3.26. The third-order valence-corrected chi connectivity index (χ3v) is 7.88. The second kappa shape index (κ2) is 12.1. The van der Waals surface area contributed by atoms with Gasteiger partial charge in [-0.25, -0.2) is 23.4 Å². The maximum absolute atomic E-state index is 13.2.